The number of hydrogen-bond acceptors (Lipinski definition) is 5. The summed E-state index contributed by atoms with van der Waals surface area (Å²) in [6.45, 7) is 4.30. The molecular weight excluding hydrogens is 266 g/mol. The Hall–Kier alpha value is -1.40. The molecule has 2 aromatic rings. The molecule has 0 saturated carbocycles. The fraction of sp³-hybridized carbons (Fsp3) is 0.333. The van der Waals surface area contributed by atoms with Crippen LogP contribution in [0.25, 0.3) is 9.88 Å². The van der Waals surface area contributed by atoms with Crippen LogP contribution in [-0.4, -0.2) is 10.8 Å². The minimum absolute atomic E-state index is 0.196. The van der Waals surface area contributed by atoms with E-state index in [2.05, 4.69) is 16.2 Å². The Labute approximate surface area is 114 Å². The van der Waals surface area contributed by atoms with E-state index in [-0.39, 0.29) is 5.92 Å². The summed E-state index contributed by atoms with van der Waals surface area (Å²) in [5, 5.41) is 8.90. The summed E-state index contributed by atoms with van der Waals surface area (Å²) in [6, 6.07) is 4.08. The Morgan fingerprint density at radius 2 is 2.33 bits per heavy atom. The Morgan fingerprint density at radius 3 is 3.00 bits per heavy atom. The lowest BCUT2D eigenvalue weighted by atomic mass is 10.2. The third-order valence-corrected chi connectivity index (χ3v) is 4.19. The first-order chi connectivity index (χ1) is 8.66. The number of nitrogens with two attached hydrogens (primary N) is 1. The van der Waals surface area contributed by atoms with Crippen molar-refractivity contribution in [2.75, 3.05) is 0 Å². The van der Waals surface area contributed by atoms with E-state index in [9.17, 15) is 0 Å². The van der Waals surface area contributed by atoms with Gasteiger partial charge >= 0.3 is 0 Å². The van der Waals surface area contributed by atoms with Crippen LogP contribution in [0.1, 0.15) is 19.5 Å². The van der Waals surface area contributed by atoms with Crippen LogP contribution < -0.4 is 5.73 Å². The van der Waals surface area contributed by atoms with E-state index in [4.69, 9.17) is 10.6 Å². The largest absolute Gasteiger partial charge is 0.388 e. The van der Waals surface area contributed by atoms with Gasteiger partial charge in [0.05, 0.1) is 10.6 Å². The molecule has 0 radical (unpaired) electrons. The van der Waals surface area contributed by atoms with Crippen LogP contribution in [0.15, 0.2) is 28.0 Å². The number of oxime groups is 1. The lowest BCUT2D eigenvalue weighted by Crippen LogP contribution is -2.18. The fourth-order valence-electron chi connectivity index (χ4n) is 1.17. The van der Waals surface area contributed by atoms with Gasteiger partial charge < -0.3 is 10.6 Å². The van der Waals surface area contributed by atoms with E-state index in [1.807, 2.05) is 30.7 Å². The van der Waals surface area contributed by atoms with Gasteiger partial charge in [-0.15, -0.1) is 22.7 Å². The summed E-state index contributed by atoms with van der Waals surface area (Å²) in [6.07, 6.45) is 0. The number of rotatable bonds is 5. The van der Waals surface area contributed by atoms with Gasteiger partial charge in [0.25, 0.3) is 0 Å². The van der Waals surface area contributed by atoms with E-state index >= 15 is 0 Å². The van der Waals surface area contributed by atoms with Crippen molar-refractivity contribution in [2.45, 2.75) is 20.5 Å². The zero-order valence-electron chi connectivity index (χ0n) is 10.3. The first-order valence-corrected chi connectivity index (χ1v) is 7.36. The number of aromatic nitrogens is 1. The summed E-state index contributed by atoms with van der Waals surface area (Å²) >= 11 is 3.29. The maximum atomic E-state index is 5.67. The molecule has 0 fully saturated rings. The fourth-order valence-corrected chi connectivity index (χ4v) is 2.78. The molecule has 0 bridgehead atoms. The van der Waals surface area contributed by atoms with Crippen molar-refractivity contribution in [3.8, 4) is 9.88 Å². The highest BCUT2D eigenvalue weighted by Gasteiger charge is 2.06. The van der Waals surface area contributed by atoms with Gasteiger partial charge in [-0.2, -0.15) is 0 Å². The second-order valence-corrected chi connectivity index (χ2v) is 5.87. The van der Waals surface area contributed by atoms with Gasteiger partial charge in [-0.05, 0) is 11.4 Å². The monoisotopic (exact) mass is 281 g/mol. The van der Waals surface area contributed by atoms with E-state index < -0.39 is 0 Å². The number of thiophene rings is 1. The Morgan fingerprint density at radius 1 is 1.50 bits per heavy atom. The Balaban J connectivity index is 1.94. The summed E-state index contributed by atoms with van der Waals surface area (Å²) < 4.78 is 0. The number of thiazole rings is 1. The van der Waals surface area contributed by atoms with Gasteiger partial charge in [0.2, 0.25) is 0 Å². The van der Waals surface area contributed by atoms with Gasteiger partial charge in [0.1, 0.15) is 10.8 Å². The van der Waals surface area contributed by atoms with Crippen LogP contribution in [0.4, 0.5) is 0 Å². The van der Waals surface area contributed by atoms with Crippen molar-refractivity contribution in [3.05, 3.63) is 28.6 Å². The van der Waals surface area contributed by atoms with Crippen LogP contribution in [0.3, 0.4) is 0 Å². The molecular formula is C12H15N3OS2. The average Bonchev–Trinajstić information content (AvgIpc) is 2.98. The molecule has 0 aliphatic carbocycles. The summed E-state index contributed by atoms with van der Waals surface area (Å²) in [7, 11) is 0. The Bertz CT molecular complexity index is 517. The van der Waals surface area contributed by atoms with E-state index in [1.54, 1.807) is 22.7 Å². The Kier molecular flexibility index (Phi) is 4.33. The van der Waals surface area contributed by atoms with E-state index in [0.717, 1.165) is 10.7 Å². The smallest absolute Gasteiger partial charge is 0.160 e. The molecule has 0 amide bonds. The first-order valence-electron chi connectivity index (χ1n) is 5.60. The predicted octanol–water partition coefficient (Wildman–Crippen LogP) is 3.32. The lowest BCUT2D eigenvalue weighted by Gasteiger charge is -2.02. The van der Waals surface area contributed by atoms with Gasteiger partial charge in [0, 0.05) is 11.3 Å². The molecule has 0 aliphatic rings. The van der Waals surface area contributed by atoms with Crippen LogP contribution in [0.2, 0.25) is 0 Å². The zero-order chi connectivity index (χ0) is 13.0. The van der Waals surface area contributed by atoms with E-state index in [0.29, 0.717) is 12.4 Å². The molecule has 0 saturated heterocycles. The quantitative estimate of drug-likeness (QED) is 0.519. The van der Waals surface area contributed by atoms with Crippen molar-refractivity contribution in [1.82, 2.24) is 4.98 Å². The van der Waals surface area contributed by atoms with Crippen molar-refractivity contribution in [2.24, 2.45) is 16.8 Å². The number of amidine groups is 1. The molecule has 0 aromatic carbocycles. The van der Waals surface area contributed by atoms with Crippen LogP contribution in [0, 0.1) is 5.92 Å². The minimum atomic E-state index is 0.196. The number of hydrogen-bond donors (Lipinski definition) is 1. The van der Waals surface area contributed by atoms with Crippen molar-refractivity contribution in [1.29, 1.82) is 0 Å². The molecule has 0 aliphatic heterocycles. The molecule has 96 valence electrons. The lowest BCUT2D eigenvalue weighted by molar-refractivity contribution is 0.126. The molecule has 2 heterocycles. The molecule has 6 heteroatoms. The van der Waals surface area contributed by atoms with Gasteiger partial charge in [-0.3, -0.25) is 0 Å². The molecule has 0 unspecified atom stereocenters. The highest BCUT2D eigenvalue weighted by atomic mass is 32.1. The highest BCUT2D eigenvalue weighted by Crippen LogP contribution is 2.27. The summed E-state index contributed by atoms with van der Waals surface area (Å²) in [5.41, 5.74) is 6.55. The topological polar surface area (TPSA) is 60.5 Å². The average molecular weight is 281 g/mol. The molecule has 18 heavy (non-hydrogen) atoms. The van der Waals surface area contributed by atoms with Crippen molar-refractivity contribution in [3.63, 3.8) is 0 Å². The maximum Gasteiger partial charge on any atom is 0.160 e. The molecule has 2 N–H and O–H groups in total. The van der Waals surface area contributed by atoms with Gasteiger partial charge in [-0.1, -0.05) is 25.1 Å². The van der Waals surface area contributed by atoms with Crippen LogP contribution in [-0.2, 0) is 11.4 Å². The minimum Gasteiger partial charge on any atom is -0.388 e. The predicted molar refractivity (Wildman–Crippen MR) is 76.7 cm³/mol. The second kappa shape index (κ2) is 5.97. The molecule has 0 spiro atoms. The van der Waals surface area contributed by atoms with Crippen molar-refractivity contribution >= 4 is 28.5 Å². The summed E-state index contributed by atoms with van der Waals surface area (Å²) in [5.74, 6) is 0.700. The molecule has 2 rings (SSSR count). The van der Waals surface area contributed by atoms with Crippen molar-refractivity contribution < 1.29 is 4.84 Å². The standard InChI is InChI=1S/C12H15N3OS2/c1-8(2)11(13)15-16-6-9-7-18-12(14-9)10-4-3-5-17-10/h3-5,7-8H,6H2,1-2H3,(H2,13,15). The normalized spacial score (nSPS) is 12.1. The van der Waals surface area contributed by atoms with E-state index in [1.165, 1.54) is 4.88 Å². The third kappa shape index (κ3) is 3.30. The van der Waals surface area contributed by atoms with Crippen LogP contribution >= 0.6 is 22.7 Å². The number of nitrogens with zero attached hydrogens (tertiary/aromatic N) is 2. The highest BCUT2D eigenvalue weighted by molar-refractivity contribution is 7.20. The molecule has 4 nitrogen and oxygen atoms in total. The second-order valence-electron chi connectivity index (χ2n) is 4.07. The summed E-state index contributed by atoms with van der Waals surface area (Å²) in [4.78, 5) is 10.8. The zero-order valence-corrected chi connectivity index (χ0v) is 11.9. The molecule has 2 aromatic heterocycles. The SMILES string of the molecule is CC(C)C(N)=NOCc1csc(-c2cccs2)n1. The van der Waals surface area contributed by atoms with Gasteiger partial charge in [0.15, 0.2) is 6.61 Å². The van der Waals surface area contributed by atoms with Crippen LogP contribution in [0.5, 0.6) is 0 Å². The first kappa shape index (κ1) is 13.0. The third-order valence-electron chi connectivity index (χ3n) is 2.26. The molecule has 0 atom stereocenters. The van der Waals surface area contributed by atoms with Gasteiger partial charge in [-0.25, -0.2) is 4.98 Å². The maximum absolute atomic E-state index is 5.67.